The van der Waals surface area contributed by atoms with Crippen LogP contribution in [0.15, 0.2) is 18.5 Å². The molecule has 20 heavy (non-hydrogen) atoms. The molecule has 0 atom stereocenters. The molecule has 0 aliphatic carbocycles. The van der Waals surface area contributed by atoms with Gasteiger partial charge in [-0.15, -0.1) is 0 Å². The Morgan fingerprint density at radius 3 is 2.10 bits per heavy atom. The van der Waals surface area contributed by atoms with Crippen molar-refractivity contribution in [2.45, 2.75) is 41.2 Å². The minimum absolute atomic E-state index is 0. The van der Waals surface area contributed by atoms with Crippen LogP contribution >= 0.6 is 0 Å². The van der Waals surface area contributed by atoms with Gasteiger partial charge < -0.3 is 22.1 Å². The zero-order valence-electron chi connectivity index (χ0n) is 12.9. The molecule has 2 aromatic rings. The zero-order valence-corrected chi connectivity index (χ0v) is 14.5. The Balaban J connectivity index is 0.00000200. The van der Waals surface area contributed by atoms with Crippen molar-refractivity contribution in [1.82, 2.24) is 4.57 Å². The van der Waals surface area contributed by atoms with Crippen molar-refractivity contribution in [3.05, 3.63) is 46.5 Å². The highest BCUT2D eigenvalue weighted by Crippen LogP contribution is 2.22. The van der Waals surface area contributed by atoms with Gasteiger partial charge in [-0.25, -0.2) is 4.57 Å². The lowest BCUT2D eigenvalue weighted by molar-refractivity contribution is -0.703. The Morgan fingerprint density at radius 1 is 1.05 bits per heavy atom. The number of aromatic nitrogens is 2. The van der Waals surface area contributed by atoms with Gasteiger partial charge in [-0.2, -0.15) is 4.57 Å². The number of rotatable bonds is 3. The van der Waals surface area contributed by atoms with Gasteiger partial charge in [0.25, 0.3) is 0 Å². The normalized spacial score (nSPS) is 10.5. The number of aryl methyl sites for hydroxylation is 3. The molecule has 0 unspecified atom stereocenters. The van der Waals surface area contributed by atoms with Crippen LogP contribution in [-0.4, -0.2) is 16.3 Å². The molecule has 110 valence electrons. The van der Waals surface area contributed by atoms with Gasteiger partial charge in [0.05, 0.1) is 6.61 Å². The molecule has 1 aromatic heterocycles. The Hall–Kier alpha value is -1.13. The number of imidazole rings is 1. The Labute approximate surface area is 131 Å². The molecule has 0 aliphatic rings. The fraction of sp³-hybridized carbons (Fsp3) is 0.438. The molecule has 0 radical (unpaired) electrons. The van der Waals surface area contributed by atoms with E-state index in [0.717, 1.165) is 0 Å². The molecule has 0 aliphatic heterocycles. The topological polar surface area (TPSA) is 29.0 Å². The molecule has 1 N–H and O–H groups in total. The monoisotopic (exact) mass is 338 g/mol. The van der Waals surface area contributed by atoms with Gasteiger partial charge in [0.2, 0.25) is 6.33 Å². The van der Waals surface area contributed by atoms with Crippen molar-refractivity contribution in [3.63, 3.8) is 0 Å². The molecule has 0 saturated heterocycles. The highest BCUT2D eigenvalue weighted by Gasteiger charge is 2.20. The maximum absolute atomic E-state index is 9.13. The van der Waals surface area contributed by atoms with Crippen LogP contribution in [0.2, 0.25) is 0 Å². The fourth-order valence-corrected chi connectivity index (χ4v) is 2.81. The summed E-state index contributed by atoms with van der Waals surface area (Å²) in [7, 11) is 0. The second kappa shape index (κ2) is 6.55. The second-order valence-electron chi connectivity index (χ2n) is 5.32. The first kappa shape index (κ1) is 16.9. The molecular weight excluding hydrogens is 316 g/mol. The van der Waals surface area contributed by atoms with Gasteiger partial charge in [0.1, 0.15) is 23.6 Å². The van der Waals surface area contributed by atoms with Crippen molar-refractivity contribution in [2.75, 3.05) is 6.61 Å². The van der Waals surface area contributed by atoms with E-state index in [-0.39, 0.29) is 23.6 Å². The Kier molecular flexibility index (Phi) is 5.54. The molecule has 3 nitrogen and oxygen atoms in total. The standard InChI is InChI=1S/C16H23N2O.BrH/c1-11-8-12(2)16(13(3)9-11)18-10-17(6-7-19)14(4)15(18)5;/h8-10,19H,6-7H2,1-5H3;1H/q+1;/p-1. The molecule has 0 fully saturated rings. The fourth-order valence-electron chi connectivity index (χ4n) is 2.81. The van der Waals surface area contributed by atoms with Crippen molar-refractivity contribution in [2.24, 2.45) is 0 Å². The van der Waals surface area contributed by atoms with Crippen LogP contribution in [0.1, 0.15) is 28.1 Å². The van der Waals surface area contributed by atoms with Crippen LogP contribution in [0.4, 0.5) is 0 Å². The van der Waals surface area contributed by atoms with E-state index >= 15 is 0 Å². The second-order valence-corrected chi connectivity index (χ2v) is 5.32. The van der Waals surface area contributed by atoms with Crippen molar-refractivity contribution in [1.29, 1.82) is 0 Å². The number of hydrogen-bond donors (Lipinski definition) is 1. The highest BCUT2D eigenvalue weighted by molar-refractivity contribution is 5.50. The predicted octanol–water partition coefficient (Wildman–Crippen LogP) is -0.697. The third-order valence-electron chi connectivity index (χ3n) is 3.79. The molecule has 0 saturated carbocycles. The summed E-state index contributed by atoms with van der Waals surface area (Å²) in [5.74, 6) is 0. The zero-order chi connectivity index (χ0) is 14.2. The molecule has 0 amide bonds. The smallest absolute Gasteiger partial charge is 0.249 e. The first-order chi connectivity index (χ1) is 8.95. The molecule has 1 heterocycles. The average molecular weight is 339 g/mol. The molecule has 0 bridgehead atoms. The van der Waals surface area contributed by atoms with Crippen LogP contribution in [0.3, 0.4) is 0 Å². The van der Waals surface area contributed by atoms with Crippen LogP contribution in [0, 0.1) is 34.6 Å². The van der Waals surface area contributed by atoms with Gasteiger partial charge in [-0.1, -0.05) is 17.7 Å². The largest absolute Gasteiger partial charge is 1.00 e. The maximum atomic E-state index is 9.13. The first-order valence-corrected chi connectivity index (χ1v) is 6.72. The number of hydrogen-bond acceptors (Lipinski definition) is 1. The average Bonchev–Trinajstić information content (AvgIpc) is 2.57. The summed E-state index contributed by atoms with van der Waals surface area (Å²) in [4.78, 5) is 0. The summed E-state index contributed by atoms with van der Waals surface area (Å²) in [5.41, 5.74) is 7.54. The van der Waals surface area contributed by atoms with E-state index in [1.54, 1.807) is 0 Å². The summed E-state index contributed by atoms with van der Waals surface area (Å²) in [5, 5.41) is 9.13. The van der Waals surface area contributed by atoms with Gasteiger partial charge >= 0.3 is 0 Å². The maximum Gasteiger partial charge on any atom is 0.249 e. The van der Waals surface area contributed by atoms with E-state index in [2.05, 4.69) is 62.2 Å². The van der Waals surface area contributed by atoms with Crippen LogP contribution in [-0.2, 0) is 6.54 Å². The van der Waals surface area contributed by atoms with E-state index in [1.165, 1.54) is 33.8 Å². The predicted molar refractivity (Wildman–Crippen MR) is 76.7 cm³/mol. The SMILES string of the molecule is Cc1cc(C)c(-n2c[n+](CCO)c(C)c2C)c(C)c1.[Br-]. The number of benzene rings is 1. The lowest BCUT2D eigenvalue weighted by Gasteiger charge is -2.08. The van der Waals surface area contributed by atoms with Gasteiger partial charge in [-0.3, -0.25) is 0 Å². The summed E-state index contributed by atoms with van der Waals surface area (Å²) in [6, 6.07) is 4.43. The molecular formula is C16H23BrN2O. The third-order valence-corrected chi connectivity index (χ3v) is 3.79. The van der Waals surface area contributed by atoms with Crippen LogP contribution < -0.4 is 21.5 Å². The summed E-state index contributed by atoms with van der Waals surface area (Å²) in [6.07, 6.45) is 2.09. The van der Waals surface area contributed by atoms with E-state index in [4.69, 9.17) is 5.11 Å². The minimum atomic E-state index is 0. The molecule has 2 rings (SSSR count). The summed E-state index contributed by atoms with van der Waals surface area (Å²) in [6.45, 7) is 11.5. The van der Waals surface area contributed by atoms with Crippen molar-refractivity contribution >= 4 is 0 Å². The van der Waals surface area contributed by atoms with Gasteiger partial charge in [0, 0.05) is 13.8 Å². The molecule has 4 heteroatoms. The summed E-state index contributed by atoms with van der Waals surface area (Å²) < 4.78 is 4.34. The van der Waals surface area contributed by atoms with Crippen LogP contribution in [0.25, 0.3) is 5.69 Å². The molecule has 0 spiro atoms. The number of aliphatic hydroxyl groups excluding tert-OH is 1. The Bertz CT molecular complexity index is 594. The summed E-state index contributed by atoms with van der Waals surface area (Å²) >= 11 is 0. The Morgan fingerprint density at radius 2 is 1.60 bits per heavy atom. The van der Waals surface area contributed by atoms with Crippen molar-refractivity contribution < 1.29 is 26.7 Å². The van der Waals surface area contributed by atoms with Gasteiger partial charge in [0.15, 0.2) is 0 Å². The van der Waals surface area contributed by atoms with E-state index in [9.17, 15) is 0 Å². The quantitative estimate of drug-likeness (QED) is 0.737. The van der Waals surface area contributed by atoms with E-state index in [1.807, 2.05) is 0 Å². The third kappa shape index (κ3) is 2.96. The first-order valence-electron chi connectivity index (χ1n) is 6.72. The highest BCUT2D eigenvalue weighted by atomic mass is 79.9. The number of nitrogens with zero attached hydrogens (tertiary/aromatic N) is 2. The van der Waals surface area contributed by atoms with Crippen molar-refractivity contribution in [3.8, 4) is 5.69 Å². The number of aliphatic hydroxyl groups is 1. The molecule has 1 aromatic carbocycles. The van der Waals surface area contributed by atoms with E-state index in [0.29, 0.717) is 6.54 Å². The van der Waals surface area contributed by atoms with Crippen LogP contribution in [0.5, 0.6) is 0 Å². The minimum Gasteiger partial charge on any atom is -1.00 e. The van der Waals surface area contributed by atoms with E-state index < -0.39 is 0 Å². The lowest BCUT2D eigenvalue weighted by atomic mass is 10.0. The van der Waals surface area contributed by atoms with Gasteiger partial charge in [-0.05, 0) is 31.9 Å². The lowest BCUT2D eigenvalue weighted by Crippen LogP contribution is -3.00. The number of halogens is 1.